The first-order valence-electron chi connectivity index (χ1n) is 18.2. The molecule has 272 valence electrons. The Bertz CT molecular complexity index is 2580. The zero-order valence-corrected chi connectivity index (χ0v) is 30.8. The van der Waals surface area contributed by atoms with Crippen LogP contribution in [0.3, 0.4) is 0 Å². The van der Waals surface area contributed by atoms with Crippen LogP contribution in [-0.2, 0) is 20.7 Å². The second-order valence-electron chi connectivity index (χ2n) is 13.6. The largest absolute Gasteiger partial charge is 0.516 e. The van der Waals surface area contributed by atoms with E-state index in [1.54, 1.807) is 19.2 Å². The normalized spacial score (nSPS) is 11.8. The first-order valence-corrected chi connectivity index (χ1v) is 18.2. The van der Waals surface area contributed by atoms with Gasteiger partial charge in [-0.3, -0.25) is 4.79 Å². The molecule has 8 rings (SSSR count). The maximum Gasteiger partial charge on any atom is 0.516 e. The molecule has 0 aliphatic carbocycles. The molecule has 1 unspecified atom stereocenters. The van der Waals surface area contributed by atoms with E-state index in [4.69, 9.17) is 14.2 Å². The van der Waals surface area contributed by atoms with Gasteiger partial charge in [-0.25, -0.2) is 4.79 Å². The number of nitrogens with zero attached hydrogens (tertiary/aromatic N) is 1. The van der Waals surface area contributed by atoms with E-state index >= 15 is 0 Å². The topological polar surface area (TPSA) is 74.3 Å². The summed E-state index contributed by atoms with van der Waals surface area (Å²) < 4.78 is 20.2. The van der Waals surface area contributed by atoms with Gasteiger partial charge in [-0.15, -0.1) is 0 Å². The zero-order valence-electron chi connectivity index (χ0n) is 30.8. The van der Waals surface area contributed by atoms with E-state index in [1.807, 2.05) is 24.3 Å². The molecule has 0 aliphatic rings. The Morgan fingerprint density at radius 2 is 1.16 bits per heavy atom. The van der Waals surface area contributed by atoms with Crippen LogP contribution in [-0.4, -0.2) is 26.0 Å². The molecule has 0 aliphatic heterocycles. The minimum absolute atomic E-state index is 0.00695. The SMILES string of the molecule is COc1ccc(C(Cc2ccc(N(c3ccc(C)cc3)c3ccc4ccc5cccc6ccc3c4c56)cc2)c2ccc(OC(=O)OCOC(C)=O)cc2)cc1. The molecule has 8 aromatic rings. The second kappa shape index (κ2) is 15.2. The van der Waals surface area contributed by atoms with Crippen molar-refractivity contribution < 1.29 is 28.5 Å². The molecule has 0 aromatic heterocycles. The molecule has 0 spiro atoms. The molecular weight excluding hydrogens is 687 g/mol. The Morgan fingerprint density at radius 3 is 1.78 bits per heavy atom. The van der Waals surface area contributed by atoms with Gasteiger partial charge in [0.15, 0.2) is 0 Å². The Morgan fingerprint density at radius 1 is 0.600 bits per heavy atom. The van der Waals surface area contributed by atoms with Gasteiger partial charge in [0.2, 0.25) is 6.79 Å². The standard InChI is InChI=1S/C48H39NO6/c1-31-7-19-39(20-8-31)49(45-28-18-38-12-11-36-5-4-6-37-17-27-43(45)47(38)46(36)37)40-21-9-33(10-22-40)29-44(34-13-23-41(52-3)24-14-34)35-15-25-42(26-16-35)55-48(51)54-30-53-32(2)50/h4-28,44H,29-30H2,1-3H3. The molecule has 0 fully saturated rings. The van der Waals surface area contributed by atoms with Crippen LogP contribution in [0.25, 0.3) is 32.3 Å². The van der Waals surface area contributed by atoms with Crippen molar-refractivity contribution in [3.8, 4) is 11.5 Å². The van der Waals surface area contributed by atoms with Crippen molar-refractivity contribution >= 4 is 61.5 Å². The lowest BCUT2D eigenvalue weighted by molar-refractivity contribution is -0.149. The van der Waals surface area contributed by atoms with E-state index in [9.17, 15) is 9.59 Å². The van der Waals surface area contributed by atoms with Crippen molar-refractivity contribution in [3.63, 3.8) is 0 Å². The van der Waals surface area contributed by atoms with E-state index in [2.05, 4.69) is 132 Å². The van der Waals surface area contributed by atoms with Crippen molar-refractivity contribution in [2.75, 3.05) is 18.8 Å². The van der Waals surface area contributed by atoms with Crippen molar-refractivity contribution in [2.45, 2.75) is 26.2 Å². The highest BCUT2D eigenvalue weighted by molar-refractivity contribution is 6.25. The molecule has 7 heteroatoms. The number of benzene rings is 8. The van der Waals surface area contributed by atoms with Gasteiger partial charge >= 0.3 is 12.1 Å². The van der Waals surface area contributed by atoms with Gasteiger partial charge in [0.05, 0.1) is 12.8 Å². The second-order valence-corrected chi connectivity index (χ2v) is 13.6. The quantitative estimate of drug-likeness (QED) is 0.0569. The van der Waals surface area contributed by atoms with Crippen LogP contribution in [0.1, 0.15) is 35.1 Å². The highest BCUT2D eigenvalue weighted by atomic mass is 16.8. The molecule has 0 saturated carbocycles. The molecule has 8 aromatic carbocycles. The number of methoxy groups -OCH3 is 1. The molecule has 0 N–H and O–H groups in total. The number of carbonyl (C=O) groups excluding carboxylic acids is 2. The molecule has 0 heterocycles. The van der Waals surface area contributed by atoms with Crippen LogP contribution in [0.2, 0.25) is 0 Å². The third-order valence-electron chi connectivity index (χ3n) is 10.1. The van der Waals surface area contributed by atoms with E-state index in [0.717, 1.165) is 45.9 Å². The lowest BCUT2D eigenvalue weighted by atomic mass is 9.86. The van der Waals surface area contributed by atoms with Gasteiger partial charge in [-0.1, -0.05) is 103 Å². The van der Waals surface area contributed by atoms with Gasteiger partial charge < -0.3 is 23.8 Å². The summed E-state index contributed by atoms with van der Waals surface area (Å²) in [5, 5.41) is 7.49. The molecule has 0 saturated heterocycles. The van der Waals surface area contributed by atoms with Crippen molar-refractivity contribution in [1.29, 1.82) is 0 Å². The van der Waals surface area contributed by atoms with Gasteiger partial charge in [0, 0.05) is 29.6 Å². The average molecular weight is 726 g/mol. The van der Waals surface area contributed by atoms with Crippen LogP contribution in [0.4, 0.5) is 21.9 Å². The van der Waals surface area contributed by atoms with Crippen LogP contribution in [0.15, 0.2) is 152 Å². The minimum Gasteiger partial charge on any atom is -0.497 e. The molecule has 55 heavy (non-hydrogen) atoms. The predicted octanol–water partition coefficient (Wildman–Crippen LogP) is 11.8. The fourth-order valence-electron chi connectivity index (χ4n) is 7.37. The molecule has 1 atom stereocenters. The number of rotatable bonds is 11. The predicted molar refractivity (Wildman–Crippen MR) is 218 cm³/mol. The molecule has 0 radical (unpaired) electrons. The molecular formula is C48H39NO6. The number of esters is 1. The zero-order chi connectivity index (χ0) is 37.9. The van der Waals surface area contributed by atoms with Gasteiger partial charge in [-0.05, 0) is 112 Å². The Kier molecular flexibility index (Phi) is 9.75. The smallest absolute Gasteiger partial charge is 0.497 e. The molecule has 0 amide bonds. The van der Waals surface area contributed by atoms with Crippen molar-refractivity contribution in [3.05, 3.63) is 174 Å². The fourth-order valence-corrected chi connectivity index (χ4v) is 7.37. The first-order chi connectivity index (χ1) is 26.8. The third kappa shape index (κ3) is 7.37. The summed E-state index contributed by atoms with van der Waals surface area (Å²) in [5.41, 5.74) is 7.80. The van der Waals surface area contributed by atoms with Crippen molar-refractivity contribution in [1.82, 2.24) is 0 Å². The number of hydrogen-bond acceptors (Lipinski definition) is 7. The van der Waals surface area contributed by atoms with E-state index in [0.29, 0.717) is 5.75 Å². The number of hydrogen-bond donors (Lipinski definition) is 0. The monoisotopic (exact) mass is 725 g/mol. The maximum atomic E-state index is 12.1. The van der Waals surface area contributed by atoms with E-state index in [1.165, 1.54) is 44.8 Å². The van der Waals surface area contributed by atoms with Crippen LogP contribution in [0, 0.1) is 6.92 Å². The van der Waals surface area contributed by atoms with E-state index < -0.39 is 18.9 Å². The highest BCUT2D eigenvalue weighted by Crippen LogP contribution is 2.44. The van der Waals surface area contributed by atoms with Crippen LogP contribution < -0.4 is 14.4 Å². The summed E-state index contributed by atoms with van der Waals surface area (Å²) in [7, 11) is 1.66. The minimum atomic E-state index is -0.956. The van der Waals surface area contributed by atoms with Crippen molar-refractivity contribution in [2.24, 2.45) is 0 Å². The Hall–Kier alpha value is -6.86. The third-order valence-corrected chi connectivity index (χ3v) is 10.1. The van der Waals surface area contributed by atoms with Gasteiger partial charge in [0.1, 0.15) is 11.5 Å². The lowest BCUT2D eigenvalue weighted by Crippen LogP contribution is -2.14. The average Bonchev–Trinajstić information content (AvgIpc) is 3.21. The van der Waals surface area contributed by atoms with E-state index in [-0.39, 0.29) is 5.92 Å². The summed E-state index contributed by atoms with van der Waals surface area (Å²) in [6.07, 6.45) is -0.233. The van der Waals surface area contributed by atoms with Crippen LogP contribution >= 0.6 is 0 Å². The molecule has 7 nitrogen and oxygen atoms in total. The number of aryl methyl sites for hydroxylation is 1. The Balaban J connectivity index is 1.13. The molecule has 0 bridgehead atoms. The number of anilines is 3. The Labute approximate surface area is 319 Å². The number of carbonyl (C=O) groups is 2. The van der Waals surface area contributed by atoms with Gasteiger partial charge in [-0.2, -0.15) is 0 Å². The lowest BCUT2D eigenvalue weighted by Gasteiger charge is -2.28. The summed E-state index contributed by atoms with van der Waals surface area (Å²) in [5.74, 6) is 0.541. The van der Waals surface area contributed by atoms with Gasteiger partial charge in [0.25, 0.3) is 0 Å². The summed E-state index contributed by atoms with van der Waals surface area (Å²) in [6.45, 7) is 2.84. The van der Waals surface area contributed by atoms with Crippen LogP contribution in [0.5, 0.6) is 11.5 Å². The maximum absolute atomic E-state index is 12.1. The summed E-state index contributed by atoms with van der Waals surface area (Å²) >= 11 is 0. The fraction of sp³-hybridized carbons (Fsp3) is 0.125. The summed E-state index contributed by atoms with van der Waals surface area (Å²) in [4.78, 5) is 25.4. The summed E-state index contributed by atoms with van der Waals surface area (Å²) in [6, 6.07) is 52.9. The number of ether oxygens (including phenoxy) is 4. The highest BCUT2D eigenvalue weighted by Gasteiger charge is 2.20. The first kappa shape index (κ1) is 35.2.